The van der Waals surface area contributed by atoms with E-state index in [0.717, 1.165) is 18.5 Å². The summed E-state index contributed by atoms with van der Waals surface area (Å²) in [4.78, 5) is 18.2. The van der Waals surface area contributed by atoms with E-state index < -0.39 is 11.9 Å². The van der Waals surface area contributed by atoms with Gasteiger partial charge in [0.05, 0.1) is 6.10 Å². The first kappa shape index (κ1) is 16.1. The average Bonchev–Trinajstić information content (AvgIpc) is 2.37. The van der Waals surface area contributed by atoms with Gasteiger partial charge in [-0.15, -0.1) is 0 Å². The van der Waals surface area contributed by atoms with Gasteiger partial charge in [-0.1, -0.05) is 30.3 Å². The zero-order chi connectivity index (χ0) is 14.0. The molecule has 100 valence electrons. The average molecular weight is 255 g/mol. The molecule has 0 aliphatic carbocycles. The highest BCUT2D eigenvalue weighted by Crippen LogP contribution is 2.14. The number of nitrogens with one attached hydrogen (secondary N) is 1. The van der Waals surface area contributed by atoms with Crippen molar-refractivity contribution >= 4 is 11.9 Å². The van der Waals surface area contributed by atoms with Crippen molar-refractivity contribution in [1.29, 1.82) is 0 Å². The Hall–Kier alpha value is -1.92. The zero-order valence-corrected chi connectivity index (χ0v) is 10.0. The highest BCUT2D eigenvalue weighted by Gasteiger charge is 2.04. The molecule has 0 aliphatic rings. The maximum Gasteiger partial charge on any atom is 0.414 e. The Morgan fingerprint density at radius 3 is 2.06 bits per heavy atom. The zero-order valence-electron chi connectivity index (χ0n) is 10.0. The summed E-state index contributed by atoms with van der Waals surface area (Å²) in [5, 5.41) is 27.4. The molecule has 6 nitrogen and oxygen atoms in total. The Balaban J connectivity index is 0.000000411. The molecule has 0 radical (unpaired) electrons. The van der Waals surface area contributed by atoms with Gasteiger partial charge >= 0.3 is 11.9 Å². The van der Waals surface area contributed by atoms with Gasteiger partial charge < -0.3 is 20.6 Å². The molecule has 1 unspecified atom stereocenters. The number of aliphatic hydroxyl groups is 1. The second kappa shape index (κ2) is 9.15. The fraction of sp³-hybridized carbons (Fsp3) is 0.333. The lowest BCUT2D eigenvalue weighted by Crippen LogP contribution is -2.11. The SMILES string of the molecule is CNCCC(O)c1ccccc1.O=C(O)C(=O)O. The second-order valence-corrected chi connectivity index (χ2v) is 3.43. The lowest BCUT2D eigenvalue weighted by Gasteiger charge is -2.09. The van der Waals surface area contributed by atoms with Crippen LogP contribution in [0.2, 0.25) is 0 Å². The topological polar surface area (TPSA) is 107 Å². The van der Waals surface area contributed by atoms with Crippen LogP contribution in [0.4, 0.5) is 0 Å². The van der Waals surface area contributed by atoms with E-state index in [2.05, 4.69) is 5.32 Å². The van der Waals surface area contributed by atoms with E-state index in [0.29, 0.717) is 0 Å². The molecular formula is C12H17NO5. The molecule has 0 fully saturated rings. The van der Waals surface area contributed by atoms with E-state index in [4.69, 9.17) is 19.8 Å². The number of rotatable bonds is 4. The molecule has 0 aromatic heterocycles. The van der Waals surface area contributed by atoms with Crippen molar-refractivity contribution in [3.8, 4) is 0 Å². The van der Waals surface area contributed by atoms with Gasteiger partial charge in [0.1, 0.15) is 0 Å². The number of carbonyl (C=O) groups is 2. The third kappa shape index (κ3) is 7.37. The van der Waals surface area contributed by atoms with Gasteiger partial charge in [0.25, 0.3) is 0 Å². The predicted octanol–water partition coefficient (Wildman–Crippen LogP) is 0.485. The quantitative estimate of drug-likeness (QED) is 0.583. The summed E-state index contributed by atoms with van der Waals surface area (Å²) in [7, 11) is 1.89. The van der Waals surface area contributed by atoms with Crippen molar-refractivity contribution in [3.05, 3.63) is 35.9 Å². The Labute approximate surface area is 105 Å². The smallest absolute Gasteiger partial charge is 0.414 e. The molecule has 1 aromatic rings. The van der Waals surface area contributed by atoms with Crippen LogP contribution in [-0.2, 0) is 9.59 Å². The molecule has 4 N–H and O–H groups in total. The van der Waals surface area contributed by atoms with Crippen LogP contribution in [-0.4, -0.2) is 40.9 Å². The molecule has 1 atom stereocenters. The van der Waals surface area contributed by atoms with Crippen molar-refractivity contribution in [2.45, 2.75) is 12.5 Å². The van der Waals surface area contributed by atoms with Crippen LogP contribution in [0.5, 0.6) is 0 Å². The first-order valence-corrected chi connectivity index (χ1v) is 5.32. The van der Waals surface area contributed by atoms with Gasteiger partial charge in [-0.2, -0.15) is 0 Å². The minimum atomic E-state index is -1.82. The van der Waals surface area contributed by atoms with Gasteiger partial charge in [0.2, 0.25) is 0 Å². The van der Waals surface area contributed by atoms with E-state index >= 15 is 0 Å². The Bertz CT molecular complexity index is 354. The summed E-state index contributed by atoms with van der Waals surface area (Å²) in [6.45, 7) is 0.843. The molecule has 1 rings (SSSR count). The van der Waals surface area contributed by atoms with E-state index in [1.807, 2.05) is 37.4 Å². The molecule has 0 spiro atoms. The number of benzene rings is 1. The molecule has 0 aliphatic heterocycles. The third-order valence-electron chi connectivity index (χ3n) is 2.04. The lowest BCUT2D eigenvalue weighted by molar-refractivity contribution is -0.159. The highest BCUT2D eigenvalue weighted by molar-refractivity contribution is 6.27. The van der Waals surface area contributed by atoms with Crippen molar-refractivity contribution in [2.75, 3.05) is 13.6 Å². The first-order valence-electron chi connectivity index (χ1n) is 5.32. The molecule has 18 heavy (non-hydrogen) atoms. The van der Waals surface area contributed by atoms with Gasteiger partial charge in [-0.05, 0) is 25.6 Å². The van der Waals surface area contributed by atoms with Crippen LogP contribution in [0.1, 0.15) is 18.1 Å². The fourth-order valence-electron chi connectivity index (χ4n) is 1.12. The minimum absolute atomic E-state index is 0.335. The standard InChI is InChI=1S/C10H15NO.C2H2O4/c1-11-8-7-10(12)9-5-3-2-4-6-9;3-1(4)2(5)6/h2-6,10-12H,7-8H2,1H3;(H,3,4)(H,5,6). The van der Waals surface area contributed by atoms with E-state index in [-0.39, 0.29) is 6.10 Å². The molecule has 0 bridgehead atoms. The summed E-state index contributed by atoms with van der Waals surface area (Å²) in [5.41, 5.74) is 0.993. The summed E-state index contributed by atoms with van der Waals surface area (Å²) < 4.78 is 0. The van der Waals surface area contributed by atoms with E-state index in [1.165, 1.54) is 0 Å². The third-order valence-corrected chi connectivity index (χ3v) is 2.04. The normalized spacial score (nSPS) is 11.0. The molecule has 0 amide bonds. The number of aliphatic hydroxyl groups excluding tert-OH is 1. The molecular weight excluding hydrogens is 238 g/mol. The van der Waals surface area contributed by atoms with Crippen molar-refractivity contribution < 1.29 is 24.9 Å². The number of hydrogen-bond donors (Lipinski definition) is 4. The molecule has 1 aromatic carbocycles. The number of carboxylic acid groups (broad SMARTS) is 2. The van der Waals surface area contributed by atoms with Crippen LogP contribution in [0.15, 0.2) is 30.3 Å². The molecule has 0 saturated carbocycles. The van der Waals surface area contributed by atoms with Crippen LogP contribution in [0, 0.1) is 0 Å². The highest BCUT2D eigenvalue weighted by atomic mass is 16.4. The van der Waals surface area contributed by atoms with Crippen LogP contribution in [0.25, 0.3) is 0 Å². The molecule has 6 heteroatoms. The van der Waals surface area contributed by atoms with Crippen molar-refractivity contribution in [3.63, 3.8) is 0 Å². The van der Waals surface area contributed by atoms with Gasteiger partial charge in [0, 0.05) is 0 Å². The van der Waals surface area contributed by atoms with Crippen LogP contribution in [0.3, 0.4) is 0 Å². The van der Waals surface area contributed by atoms with E-state index in [9.17, 15) is 5.11 Å². The Morgan fingerprint density at radius 1 is 1.17 bits per heavy atom. The summed E-state index contributed by atoms with van der Waals surface area (Å²) in [6, 6.07) is 9.73. The number of aliphatic carboxylic acids is 2. The predicted molar refractivity (Wildman–Crippen MR) is 65.2 cm³/mol. The first-order chi connectivity index (χ1) is 8.49. The van der Waals surface area contributed by atoms with Crippen LogP contribution >= 0.6 is 0 Å². The maximum absolute atomic E-state index is 9.61. The van der Waals surface area contributed by atoms with Crippen molar-refractivity contribution in [2.24, 2.45) is 0 Å². The molecule has 0 saturated heterocycles. The maximum atomic E-state index is 9.61. The van der Waals surface area contributed by atoms with E-state index in [1.54, 1.807) is 0 Å². The lowest BCUT2D eigenvalue weighted by atomic mass is 10.1. The molecule has 0 heterocycles. The minimum Gasteiger partial charge on any atom is -0.473 e. The Morgan fingerprint density at radius 2 is 1.67 bits per heavy atom. The second-order valence-electron chi connectivity index (χ2n) is 3.43. The fourth-order valence-corrected chi connectivity index (χ4v) is 1.12. The Kier molecular flexibility index (Phi) is 8.17. The summed E-state index contributed by atoms with van der Waals surface area (Å²) >= 11 is 0. The van der Waals surface area contributed by atoms with Crippen molar-refractivity contribution in [1.82, 2.24) is 5.32 Å². The van der Waals surface area contributed by atoms with Gasteiger partial charge in [0.15, 0.2) is 0 Å². The number of carboxylic acids is 2. The number of hydrogen-bond acceptors (Lipinski definition) is 4. The summed E-state index contributed by atoms with van der Waals surface area (Å²) in [6.07, 6.45) is 0.430. The summed E-state index contributed by atoms with van der Waals surface area (Å²) in [5.74, 6) is -3.65. The monoisotopic (exact) mass is 255 g/mol. The van der Waals surface area contributed by atoms with Gasteiger partial charge in [-0.3, -0.25) is 0 Å². The largest absolute Gasteiger partial charge is 0.473 e. The van der Waals surface area contributed by atoms with Gasteiger partial charge in [-0.25, -0.2) is 9.59 Å². The van der Waals surface area contributed by atoms with Crippen LogP contribution < -0.4 is 5.32 Å².